The van der Waals surface area contributed by atoms with Crippen molar-refractivity contribution in [2.45, 2.75) is 75.5 Å². The van der Waals surface area contributed by atoms with Crippen molar-refractivity contribution in [3.63, 3.8) is 0 Å². The van der Waals surface area contributed by atoms with Crippen molar-refractivity contribution in [2.75, 3.05) is 11.5 Å². The summed E-state index contributed by atoms with van der Waals surface area (Å²) in [4.78, 5) is 27.0. The van der Waals surface area contributed by atoms with Gasteiger partial charge in [-0.25, -0.2) is 35.1 Å². The van der Waals surface area contributed by atoms with E-state index in [0.29, 0.717) is 50.0 Å². The first-order valence-corrected chi connectivity index (χ1v) is 16.3. The highest BCUT2D eigenvalue weighted by molar-refractivity contribution is 8.76. The summed E-state index contributed by atoms with van der Waals surface area (Å²) in [6.45, 7) is 0. The SMILES string of the molecule is [N-]=[N+]=NC1=C(F)C(F)(CCCCCCSSCCCCCCC2(F)C(F)=C(N=[N+]=[N-])C(F)=C(F)C2C(=O)O)C(C(=O)O)C(F)=C1F. The lowest BCUT2D eigenvalue weighted by Crippen LogP contribution is -2.42. The maximum absolute atomic E-state index is 15.4. The number of carboxylic acids is 2. The molecule has 46 heavy (non-hydrogen) atoms. The Bertz CT molecular complexity index is 1310. The van der Waals surface area contributed by atoms with Gasteiger partial charge in [0.1, 0.15) is 11.4 Å². The standard InChI is InChI=1S/C26H28F8N6O4S2/c27-15-13(23(41)42)25(33,21(31)19(17(15)29)37-39-35)9-5-1-3-7-11-45-46-12-8-4-2-6-10-26(34)14(24(43)44)16(28)18(30)20(22(26)32)38-40-36/h13-14H,1-12H2,(H,41,42)(H,43,44). The number of carboxylic acid groups (broad SMARTS) is 2. The van der Waals surface area contributed by atoms with Crippen LogP contribution in [0.25, 0.3) is 20.9 Å². The van der Waals surface area contributed by atoms with Crippen LogP contribution >= 0.6 is 21.6 Å². The largest absolute Gasteiger partial charge is 0.481 e. The normalized spacial score (nSPS) is 25.0. The molecule has 0 aliphatic heterocycles. The number of halogens is 8. The summed E-state index contributed by atoms with van der Waals surface area (Å²) in [5.41, 5.74) is 6.92. The molecule has 0 aromatic carbocycles. The highest BCUT2D eigenvalue weighted by Gasteiger charge is 2.56. The smallest absolute Gasteiger partial charge is 0.317 e. The van der Waals surface area contributed by atoms with Gasteiger partial charge in [-0.05, 0) is 49.6 Å². The third kappa shape index (κ3) is 8.72. The highest BCUT2D eigenvalue weighted by Crippen LogP contribution is 2.50. The molecule has 10 nitrogen and oxygen atoms in total. The van der Waals surface area contributed by atoms with Crippen molar-refractivity contribution in [1.82, 2.24) is 0 Å². The van der Waals surface area contributed by atoms with E-state index in [1.165, 1.54) is 21.6 Å². The van der Waals surface area contributed by atoms with Crippen molar-refractivity contribution < 1.29 is 54.9 Å². The van der Waals surface area contributed by atoms with Crippen LogP contribution in [0.15, 0.2) is 56.6 Å². The van der Waals surface area contributed by atoms with Crippen LogP contribution < -0.4 is 0 Å². The summed E-state index contributed by atoms with van der Waals surface area (Å²) in [7, 11) is 2.99. The molecule has 2 aliphatic carbocycles. The van der Waals surface area contributed by atoms with E-state index in [4.69, 9.17) is 11.1 Å². The molecular formula is C26H28F8N6O4S2. The van der Waals surface area contributed by atoms with Gasteiger partial charge in [-0.1, -0.05) is 57.5 Å². The minimum atomic E-state index is -3.43. The zero-order chi connectivity index (χ0) is 34.7. The van der Waals surface area contributed by atoms with Gasteiger partial charge in [0, 0.05) is 21.3 Å². The molecule has 2 N–H and O–H groups in total. The van der Waals surface area contributed by atoms with Crippen LogP contribution in [0.1, 0.15) is 64.2 Å². The average Bonchev–Trinajstić information content (AvgIpc) is 2.99. The number of allylic oxidation sites excluding steroid dienone is 4. The van der Waals surface area contributed by atoms with Gasteiger partial charge in [0.25, 0.3) is 0 Å². The van der Waals surface area contributed by atoms with Gasteiger partial charge in [0.2, 0.25) is 0 Å². The number of unbranched alkanes of at least 4 members (excludes halogenated alkanes) is 6. The zero-order valence-corrected chi connectivity index (χ0v) is 25.5. The van der Waals surface area contributed by atoms with Gasteiger partial charge in [0.15, 0.2) is 58.1 Å². The van der Waals surface area contributed by atoms with E-state index in [9.17, 15) is 46.1 Å². The van der Waals surface area contributed by atoms with Crippen LogP contribution in [-0.2, 0) is 9.59 Å². The van der Waals surface area contributed by atoms with Gasteiger partial charge in [0.05, 0.1) is 0 Å². The maximum atomic E-state index is 15.4. The molecular weight excluding hydrogens is 676 g/mol. The van der Waals surface area contributed by atoms with Crippen molar-refractivity contribution in [1.29, 1.82) is 0 Å². The van der Waals surface area contributed by atoms with Crippen LogP contribution in [-0.4, -0.2) is 45.0 Å². The van der Waals surface area contributed by atoms with E-state index in [1.54, 1.807) is 0 Å². The maximum Gasteiger partial charge on any atom is 0.317 e. The fraction of sp³-hybridized carbons (Fsp3) is 0.615. The summed E-state index contributed by atoms with van der Waals surface area (Å²) < 4.78 is 116. The number of alkyl halides is 2. The molecule has 4 unspecified atom stereocenters. The molecule has 20 heteroatoms. The second-order valence-corrected chi connectivity index (χ2v) is 13.0. The number of aliphatic carboxylic acids is 2. The highest BCUT2D eigenvalue weighted by atomic mass is 33.1. The molecule has 0 radical (unpaired) electrons. The van der Waals surface area contributed by atoms with Crippen LogP contribution in [0.4, 0.5) is 35.1 Å². The Morgan fingerprint density at radius 3 is 1.28 bits per heavy atom. The van der Waals surface area contributed by atoms with Gasteiger partial charge in [-0.2, -0.15) is 0 Å². The number of azide groups is 2. The number of hydrogen-bond acceptors (Lipinski definition) is 6. The molecule has 0 heterocycles. The van der Waals surface area contributed by atoms with E-state index in [-0.39, 0.29) is 12.8 Å². The Kier molecular flexibility index (Phi) is 14.8. The van der Waals surface area contributed by atoms with E-state index >= 15 is 8.78 Å². The average molecular weight is 705 g/mol. The third-order valence-corrected chi connectivity index (χ3v) is 9.88. The molecule has 0 aromatic heterocycles. The molecule has 2 aliphatic rings. The van der Waals surface area contributed by atoms with Gasteiger partial charge in [-0.15, -0.1) is 0 Å². The Labute approximate surface area is 264 Å². The molecule has 0 saturated heterocycles. The fourth-order valence-electron chi connectivity index (χ4n) is 5.01. The van der Waals surface area contributed by atoms with Crippen molar-refractivity contribution in [3.05, 3.63) is 67.2 Å². The molecule has 0 bridgehead atoms. The summed E-state index contributed by atoms with van der Waals surface area (Å²) in [6, 6.07) is 0. The minimum Gasteiger partial charge on any atom is -0.481 e. The monoisotopic (exact) mass is 704 g/mol. The molecule has 254 valence electrons. The first-order valence-electron chi connectivity index (χ1n) is 13.8. The first kappa shape index (κ1) is 38.8. The lowest BCUT2D eigenvalue weighted by molar-refractivity contribution is -0.147. The summed E-state index contributed by atoms with van der Waals surface area (Å²) in [5, 5.41) is 23.6. The first-order chi connectivity index (χ1) is 21.7. The van der Waals surface area contributed by atoms with E-state index in [2.05, 4.69) is 20.1 Å². The van der Waals surface area contributed by atoms with Crippen molar-refractivity contribution in [3.8, 4) is 0 Å². The zero-order valence-electron chi connectivity index (χ0n) is 23.9. The second kappa shape index (κ2) is 17.5. The third-order valence-electron chi connectivity index (χ3n) is 7.31. The number of hydrogen-bond donors (Lipinski definition) is 2. The van der Waals surface area contributed by atoms with Crippen LogP contribution in [0.3, 0.4) is 0 Å². The van der Waals surface area contributed by atoms with Crippen LogP contribution in [0.2, 0.25) is 0 Å². The van der Waals surface area contributed by atoms with Crippen LogP contribution in [0, 0.1) is 11.8 Å². The number of nitrogens with zero attached hydrogens (tertiary/aromatic N) is 6. The minimum absolute atomic E-state index is 0.0677. The van der Waals surface area contributed by atoms with Gasteiger partial charge < -0.3 is 10.2 Å². The lowest BCUT2D eigenvalue weighted by Gasteiger charge is -2.33. The Hall–Kier alpha value is -3.34. The van der Waals surface area contributed by atoms with E-state index < -0.39 is 94.3 Å². The summed E-state index contributed by atoms with van der Waals surface area (Å²) in [6.07, 6.45) is 1.23. The summed E-state index contributed by atoms with van der Waals surface area (Å²) in [5.74, 6) is -20.7. The molecule has 0 saturated carbocycles. The Morgan fingerprint density at radius 1 is 0.652 bits per heavy atom. The van der Waals surface area contributed by atoms with Gasteiger partial charge in [-0.3, -0.25) is 9.59 Å². The molecule has 0 spiro atoms. The van der Waals surface area contributed by atoms with E-state index in [1.807, 2.05) is 0 Å². The molecule has 0 amide bonds. The van der Waals surface area contributed by atoms with Crippen LogP contribution in [0.5, 0.6) is 0 Å². The molecule has 0 aromatic rings. The molecule has 4 atom stereocenters. The lowest BCUT2D eigenvalue weighted by atomic mass is 9.78. The van der Waals surface area contributed by atoms with Crippen molar-refractivity contribution >= 4 is 33.5 Å². The van der Waals surface area contributed by atoms with E-state index in [0.717, 1.165) is 0 Å². The van der Waals surface area contributed by atoms with Gasteiger partial charge >= 0.3 is 11.9 Å². The predicted molar refractivity (Wildman–Crippen MR) is 154 cm³/mol. The Balaban J connectivity index is 1.69. The predicted octanol–water partition coefficient (Wildman–Crippen LogP) is 10.4. The number of carbonyl (C=O) groups is 2. The fourth-order valence-corrected chi connectivity index (χ4v) is 7.31. The summed E-state index contributed by atoms with van der Waals surface area (Å²) >= 11 is 0. The topological polar surface area (TPSA) is 172 Å². The quantitative estimate of drug-likeness (QED) is 0.0338. The number of rotatable bonds is 19. The molecule has 2 rings (SSSR count). The second-order valence-electron chi connectivity index (χ2n) is 10.3. The Morgan fingerprint density at radius 2 is 0.978 bits per heavy atom. The molecule has 0 fully saturated rings. The van der Waals surface area contributed by atoms with Crippen molar-refractivity contribution in [2.24, 2.45) is 22.1 Å².